The molecule has 1 atom stereocenters. The number of aromatic nitrogens is 2. The zero-order chi connectivity index (χ0) is 22.0. The van der Waals surface area contributed by atoms with Gasteiger partial charge < -0.3 is 15.5 Å². The van der Waals surface area contributed by atoms with Gasteiger partial charge in [0, 0.05) is 44.0 Å². The number of aryl methyl sites for hydroxylation is 1. The molecule has 0 radical (unpaired) electrons. The summed E-state index contributed by atoms with van der Waals surface area (Å²) < 4.78 is 1.88. The number of nitrogens with zero attached hydrogens (tertiary/aromatic N) is 3. The van der Waals surface area contributed by atoms with Crippen LogP contribution in [0.2, 0.25) is 0 Å². The molecule has 1 saturated heterocycles. The lowest BCUT2D eigenvalue weighted by molar-refractivity contribution is -0.132. The van der Waals surface area contributed by atoms with Gasteiger partial charge >= 0.3 is 0 Å². The number of amides is 3. The van der Waals surface area contributed by atoms with Crippen LogP contribution in [0.5, 0.6) is 0 Å². The van der Waals surface area contributed by atoms with Crippen LogP contribution in [0, 0.1) is 0 Å². The average molecular weight is 419 g/mol. The van der Waals surface area contributed by atoms with E-state index in [-0.39, 0.29) is 24.1 Å². The first-order valence-corrected chi connectivity index (χ1v) is 10.4. The van der Waals surface area contributed by atoms with Gasteiger partial charge in [0.05, 0.1) is 12.6 Å². The Kier molecular flexibility index (Phi) is 5.70. The van der Waals surface area contributed by atoms with E-state index < -0.39 is 6.04 Å². The van der Waals surface area contributed by atoms with Crippen LogP contribution in [-0.4, -0.2) is 58.6 Å². The van der Waals surface area contributed by atoms with Crippen molar-refractivity contribution >= 4 is 28.5 Å². The second kappa shape index (κ2) is 8.59. The van der Waals surface area contributed by atoms with E-state index in [1.54, 1.807) is 6.07 Å². The summed E-state index contributed by atoms with van der Waals surface area (Å²) in [6, 6.07) is 10.8. The molecule has 2 heterocycles. The minimum atomic E-state index is -0.811. The number of hydrogen-bond donors (Lipinski definition) is 2. The van der Waals surface area contributed by atoms with Gasteiger partial charge in [-0.2, -0.15) is 5.10 Å². The quantitative estimate of drug-likeness (QED) is 0.659. The van der Waals surface area contributed by atoms with E-state index >= 15 is 0 Å². The first-order chi connectivity index (χ1) is 15.0. The Bertz CT molecular complexity index is 1150. The van der Waals surface area contributed by atoms with Gasteiger partial charge in [-0.3, -0.25) is 19.1 Å². The minimum Gasteiger partial charge on any atom is -0.359 e. The van der Waals surface area contributed by atoms with Crippen molar-refractivity contribution in [1.82, 2.24) is 25.3 Å². The number of nitrogens with one attached hydrogen (secondary N) is 2. The summed E-state index contributed by atoms with van der Waals surface area (Å²) in [5, 5.41) is 11.5. The van der Waals surface area contributed by atoms with Crippen molar-refractivity contribution in [2.75, 3.05) is 20.1 Å². The molecule has 1 unspecified atom stereocenters. The highest BCUT2D eigenvalue weighted by Crippen LogP contribution is 2.26. The van der Waals surface area contributed by atoms with Gasteiger partial charge in [0.1, 0.15) is 6.04 Å². The zero-order valence-corrected chi connectivity index (χ0v) is 17.6. The molecule has 4 rings (SSSR count). The first-order valence-electron chi connectivity index (χ1n) is 10.4. The number of piperazine rings is 1. The van der Waals surface area contributed by atoms with Crippen LogP contribution >= 0.6 is 0 Å². The molecule has 0 aliphatic carbocycles. The number of carbonyl (C=O) groups excluding carboxylic acids is 3. The molecular weight excluding hydrogens is 394 g/mol. The molecule has 160 valence electrons. The fourth-order valence-corrected chi connectivity index (χ4v) is 3.85. The van der Waals surface area contributed by atoms with Crippen LogP contribution < -0.4 is 10.6 Å². The van der Waals surface area contributed by atoms with E-state index in [0.29, 0.717) is 18.7 Å². The second-order valence-corrected chi connectivity index (χ2v) is 7.54. The van der Waals surface area contributed by atoms with E-state index in [1.165, 1.54) is 11.9 Å². The summed E-state index contributed by atoms with van der Waals surface area (Å²) in [6.07, 6.45) is 3.79. The lowest BCUT2D eigenvalue weighted by Crippen LogP contribution is -2.58. The van der Waals surface area contributed by atoms with Crippen LogP contribution in [-0.2, 0) is 16.1 Å². The van der Waals surface area contributed by atoms with Gasteiger partial charge in [0.25, 0.3) is 5.91 Å². The molecule has 0 bridgehead atoms. The Morgan fingerprint density at radius 1 is 1.16 bits per heavy atom. The lowest BCUT2D eigenvalue weighted by Gasteiger charge is -2.34. The van der Waals surface area contributed by atoms with Crippen molar-refractivity contribution in [3.05, 3.63) is 54.4 Å². The normalized spacial score (nSPS) is 16.3. The van der Waals surface area contributed by atoms with Crippen molar-refractivity contribution in [3.8, 4) is 11.1 Å². The third-order valence-corrected chi connectivity index (χ3v) is 5.63. The van der Waals surface area contributed by atoms with Crippen molar-refractivity contribution < 1.29 is 14.4 Å². The van der Waals surface area contributed by atoms with Gasteiger partial charge in [-0.15, -0.1) is 0 Å². The van der Waals surface area contributed by atoms with Crippen LogP contribution in [0.4, 0.5) is 0 Å². The van der Waals surface area contributed by atoms with Crippen LogP contribution in [0.1, 0.15) is 23.7 Å². The Morgan fingerprint density at radius 3 is 2.68 bits per heavy atom. The maximum Gasteiger partial charge on any atom is 0.254 e. The van der Waals surface area contributed by atoms with Crippen molar-refractivity contribution in [2.24, 2.45) is 0 Å². The molecule has 3 aromatic rings. The number of carbonyl (C=O) groups is 3. The first kappa shape index (κ1) is 20.6. The van der Waals surface area contributed by atoms with Gasteiger partial charge in [-0.05, 0) is 41.5 Å². The average Bonchev–Trinajstić information content (AvgIpc) is 3.28. The lowest BCUT2D eigenvalue weighted by atomic mass is 10.0. The molecule has 1 aliphatic rings. The molecule has 31 heavy (non-hydrogen) atoms. The minimum absolute atomic E-state index is 0.0591. The largest absolute Gasteiger partial charge is 0.359 e. The summed E-state index contributed by atoms with van der Waals surface area (Å²) in [4.78, 5) is 38.8. The Hall–Kier alpha value is -3.68. The number of fused-ring (bicyclic) bond motifs is 1. The fourth-order valence-electron chi connectivity index (χ4n) is 3.85. The standard InChI is InChI=1S/C23H25N5O3/c1-3-27-14-19(13-26-27)17-5-4-16-11-18(7-6-15(16)10-17)23(31)28-9-8-25-22(30)20(28)12-21(29)24-2/h4-7,10-11,13-14,20H,3,8-9,12H2,1-2H3,(H,24,29)(H,25,30). The molecule has 8 heteroatoms. The fraction of sp³-hybridized carbons (Fsp3) is 0.304. The van der Waals surface area contributed by atoms with Gasteiger partial charge in [-0.1, -0.05) is 18.2 Å². The molecule has 2 aromatic carbocycles. The van der Waals surface area contributed by atoms with Gasteiger partial charge in [0.2, 0.25) is 11.8 Å². The summed E-state index contributed by atoms with van der Waals surface area (Å²) in [5.74, 6) is -0.836. The van der Waals surface area contributed by atoms with Crippen molar-refractivity contribution in [1.29, 1.82) is 0 Å². The van der Waals surface area contributed by atoms with E-state index in [1.807, 2.05) is 48.3 Å². The molecule has 1 fully saturated rings. The van der Waals surface area contributed by atoms with Crippen LogP contribution in [0.15, 0.2) is 48.8 Å². The molecular formula is C23H25N5O3. The SMILES string of the molecule is CCn1cc(-c2ccc3cc(C(=O)N4CCNC(=O)C4CC(=O)NC)ccc3c2)cn1. The summed E-state index contributed by atoms with van der Waals surface area (Å²) in [5.41, 5.74) is 2.60. The molecule has 1 aromatic heterocycles. The number of hydrogen-bond acceptors (Lipinski definition) is 4. The Balaban J connectivity index is 1.61. The summed E-state index contributed by atoms with van der Waals surface area (Å²) in [7, 11) is 1.51. The summed E-state index contributed by atoms with van der Waals surface area (Å²) in [6.45, 7) is 3.59. The Labute approximate surface area is 180 Å². The zero-order valence-electron chi connectivity index (χ0n) is 17.6. The highest BCUT2D eigenvalue weighted by atomic mass is 16.2. The topological polar surface area (TPSA) is 96.3 Å². The third kappa shape index (κ3) is 4.14. The smallest absolute Gasteiger partial charge is 0.254 e. The van der Waals surface area contributed by atoms with E-state index in [4.69, 9.17) is 0 Å². The number of benzene rings is 2. The Morgan fingerprint density at radius 2 is 1.94 bits per heavy atom. The molecule has 8 nitrogen and oxygen atoms in total. The van der Waals surface area contributed by atoms with Crippen LogP contribution in [0.3, 0.4) is 0 Å². The highest BCUT2D eigenvalue weighted by Gasteiger charge is 2.34. The second-order valence-electron chi connectivity index (χ2n) is 7.54. The van der Waals surface area contributed by atoms with E-state index in [9.17, 15) is 14.4 Å². The number of rotatable bonds is 5. The predicted octanol–water partition coefficient (Wildman–Crippen LogP) is 1.80. The van der Waals surface area contributed by atoms with Crippen molar-refractivity contribution in [3.63, 3.8) is 0 Å². The highest BCUT2D eigenvalue weighted by molar-refractivity contribution is 6.02. The molecule has 3 amide bonds. The molecule has 1 aliphatic heterocycles. The molecule has 0 spiro atoms. The molecule has 2 N–H and O–H groups in total. The van der Waals surface area contributed by atoms with E-state index in [0.717, 1.165) is 28.4 Å². The maximum absolute atomic E-state index is 13.2. The monoisotopic (exact) mass is 419 g/mol. The molecule has 0 saturated carbocycles. The van der Waals surface area contributed by atoms with Gasteiger partial charge in [0.15, 0.2) is 0 Å². The maximum atomic E-state index is 13.2. The van der Waals surface area contributed by atoms with Crippen LogP contribution in [0.25, 0.3) is 21.9 Å². The third-order valence-electron chi connectivity index (χ3n) is 5.63. The van der Waals surface area contributed by atoms with Crippen molar-refractivity contribution in [2.45, 2.75) is 25.9 Å². The summed E-state index contributed by atoms with van der Waals surface area (Å²) >= 11 is 0. The van der Waals surface area contributed by atoms with Gasteiger partial charge in [-0.25, -0.2) is 0 Å². The predicted molar refractivity (Wildman–Crippen MR) is 117 cm³/mol. The van der Waals surface area contributed by atoms with E-state index in [2.05, 4.69) is 21.8 Å².